The highest BCUT2D eigenvalue weighted by molar-refractivity contribution is 7.99. The summed E-state index contributed by atoms with van der Waals surface area (Å²) in [7, 11) is 0. The Kier molecular flexibility index (Phi) is 5.45. The standard InChI is InChI=1S/C15H23N3O2S/c1-4-5-6-7-16-13(19)8-12-9-21-15-17-11(3)10(2)14(20)18(12)15/h12H,4-9H2,1-3H3,(H,16,19). The predicted octanol–water partition coefficient (Wildman–Crippen LogP) is 2.20. The lowest BCUT2D eigenvalue weighted by atomic mass is 10.2. The summed E-state index contributed by atoms with van der Waals surface area (Å²) in [5, 5.41) is 3.68. The summed E-state index contributed by atoms with van der Waals surface area (Å²) in [6, 6.07) is -0.0736. The third kappa shape index (κ3) is 3.67. The number of nitrogens with one attached hydrogen (secondary N) is 1. The molecule has 1 aliphatic heterocycles. The SMILES string of the molecule is CCCCCNC(=O)CC1CSc2nc(C)c(C)c(=O)n21. The van der Waals surface area contributed by atoms with Gasteiger partial charge in [-0.1, -0.05) is 31.5 Å². The minimum Gasteiger partial charge on any atom is -0.356 e. The molecule has 0 bridgehead atoms. The molecule has 0 spiro atoms. The summed E-state index contributed by atoms with van der Waals surface area (Å²) in [4.78, 5) is 28.8. The highest BCUT2D eigenvalue weighted by Gasteiger charge is 2.28. The van der Waals surface area contributed by atoms with Gasteiger partial charge in [0.15, 0.2) is 5.16 Å². The lowest BCUT2D eigenvalue weighted by molar-refractivity contribution is -0.121. The Morgan fingerprint density at radius 1 is 1.43 bits per heavy atom. The van der Waals surface area contributed by atoms with Crippen LogP contribution in [0.15, 0.2) is 9.95 Å². The van der Waals surface area contributed by atoms with Crippen molar-refractivity contribution >= 4 is 17.7 Å². The number of thioether (sulfide) groups is 1. The smallest absolute Gasteiger partial charge is 0.257 e. The Balaban J connectivity index is 2.01. The average molecular weight is 309 g/mol. The van der Waals surface area contributed by atoms with Crippen LogP contribution in [0.25, 0.3) is 0 Å². The molecule has 1 aromatic heterocycles. The fourth-order valence-corrected chi connectivity index (χ4v) is 3.59. The average Bonchev–Trinajstić information content (AvgIpc) is 2.84. The Bertz CT molecular complexity index is 583. The van der Waals surface area contributed by atoms with Gasteiger partial charge in [0, 0.05) is 30.0 Å². The Labute approximate surface area is 129 Å². The van der Waals surface area contributed by atoms with E-state index in [0.29, 0.717) is 12.0 Å². The van der Waals surface area contributed by atoms with Gasteiger partial charge >= 0.3 is 0 Å². The first kappa shape index (κ1) is 16.1. The van der Waals surface area contributed by atoms with Crippen molar-refractivity contribution in [2.45, 2.75) is 57.7 Å². The monoisotopic (exact) mass is 309 g/mol. The van der Waals surface area contributed by atoms with Gasteiger partial charge in [-0.25, -0.2) is 4.98 Å². The van der Waals surface area contributed by atoms with Gasteiger partial charge in [-0.2, -0.15) is 0 Å². The molecule has 21 heavy (non-hydrogen) atoms. The molecule has 1 N–H and O–H groups in total. The first-order chi connectivity index (χ1) is 10.0. The topological polar surface area (TPSA) is 64.0 Å². The van der Waals surface area contributed by atoms with Crippen molar-refractivity contribution in [1.82, 2.24) is 14.9 Å². The molecule has 0 aliphatic carbocycles. The van der Waals surface area contributed by atoms with Crippen LogP contribution in [0.2, 0.25) is 0 Å². The number of amides is 1. The molecular formula is C15H23N3O2S. The zero-order valence-electron chi connectivity index (χ0n) is 12.9. The van der Waals surface area contributed by atoms with Gasteiger partial charge in [0.1, 0.15) is 0 Å². The maximum atomic E-state index is 12.4. The molecule has 0 radical (unpaired) electrons. The van der Waals surface area contributed by atoms with E-state index in [1.165, 1.54) is 0 Å². The number of aromatic nitrogens is 2. The van der Waals surface area contributed by atoms with Crippen molar-refractivity contribution in [3.63, 3.8) is 0 Å². The van der Waals surface area contributed by atoms with Crippen molar-refractivity contribution in [2.24, 2.45) is 0 Å². The van der Waals surface area contributed by atoms with Gasteiger partial charge < -0.3 is 5.32 Å². The molecule has 2 heterocycles. The first-order valence-corrected chi connectivity index (χ1v) is 8.52. The summed E-state index contributed by atoms with van der Waals surface area (Å²) in [6.07, 6.45) is 3.64. The molecule has 6 heteroatoms. The molecule has 1 unspecified atom stereocenters. The molecule has 1 aromatic rings. The van der Waals surface area contributed by atoms with Gasteiger partial charge in [-0.15, -0.1) is 0 Å². The molecule has 2 rings (SSSR count). The molecule has 5 nitrogen and oxygen atoms in total. The maximum absolute atomic E-state index is 12.4. The highest BCUT2D eigenvalue weighted by Crippen LogP contribution is 2.32. The van der Waals surface area contributed by atoms with Crippen molar-refractivity contribution in [2.75, 3.05) is 12.3 Å². The molecule has 0 saturated carbocycles. The van der Waals surface area contributed by atoms with Crippen LogP contribution in [0.3, 0.4) is 0 Å². The number of hydrogen-bond acceptors (Lipinski definition) is 4. The number of unbranched alkanes of at least 4 members (excludes halogenated alkanes) is 2. The van der Waals surface area contributed by atoms with Crippen LogP contribution in [0.5, 0.6) is 0 Å². The lowest BCUT2D eigenvalue weighted by Crippen LogP contribution is -2.32. The van der Waals surface area contributed by atoms with Crippen molar-refractivity contribution in [3.8, 4) is 0 Å². The highest BCUT2D eigenvalue weighted by atomic mass is 32.2. The number of nitrogens with zero attached hydrogens (tertiary/aromatic N) is 2. The van der Waals surface area contributed by atoms with Gasteiger partial charge in [-0.05, 0) is 20.3 Å². The predicted molar refractivity (Wildman–Crippen MR) is 84.9 cm³/mol. The van der Waals surface area contributed by atoms with E-state index in [1.807, 2.05) is 6.92 Å². The van der Waals surface area contributed by atoms with Crippen molar-refractivity contribution in [1.29, 1.82) is 0 Å². The summed E-state index contributed by atoms with van der Waals surface area (Å²) in [5.74, 6) is 0.766. The van der Waals surface area contributed by atoms with E-state index in [9.17, 15) is 9.59 Å². The fourth-order valence-electron chi connectivity index (χ4n) is 2.41. The second-order valence-electron chi connectivity index (χ2n) is 5.51. The molecule has 116 valence electrons. The van der Waals surface area contributed by atoms with E-state index in [0.717, 1.165) is 42.4 Å². The van der Waals surface area contributed by atoms with Gasteiger partial charge in [0.2, 0.25) is 5.91 Å². The van der Waals surface area contributed by atoms with Gasteiger partial charge in [0.05, 0.1) is 6.04 Å². The number of rotatable bonds is 6. The summed E-state index contributed by atoms with van der Waals surface area (Å²) >= 11 is 1.56. The van der Waals surface area contributed by atoms with Gasteiger partial charge in [-0.3, -0.25) is 14.2 Å². The zero-order valence-corrected chi connectivity index (χ0v) is 13.8. The molecular weight excluding hydrogens is 286 g/mol. The zero-order chi connectivity index (χ0) is 15.4. The van der Waals surface area contributed by atoms with Crippen molar-refractivity contribution < 1.29 is 4.79 Å². The van der Waals surface area contributed by atoms with Crippen LogP contribution in [0, 0.1) is 13.8 Å². The van der Waals surface area contributed by atoms with E-state index >= 15 is 0 Å². The Hall–Kier alpha value is -1.30. The Morgan fingerprint density at radius 3 is 2.90 bits per heavy atom. The van der Waals surface area contributed by atoms with E-state index < -0.39 is 0 Å². The normalized spacial score (nSPS) is 16.8. The second kappa shape index (κ2) is 7.11. The minimum atomic E-state index is -0.0736. The lowest BCUT2D eigenvalue weighted by Gasteiger charge is -2.14. The number of fused-ring (bicyclic) bond motifs is 1. The minimum absolute atomic E-state index is 0.00807. The molecule has 0 aromatic carbocycles. The molecule has 1 amide bonds. The molecule has 1 atom stereocenters. The quantitative estimate of drug-likeness (QED) is 0.646. The second-order valence-corrected chi connectivity index (χ2v) is 6.49. The van der Waals surface area contributed by atoms with Crippen LogP contribution in [0.1, 0.15) is 49.9 Å². The number of hydrogen-bond donors (Lipinski definition) is 1. The van der Waals surface area contributed by atoms with Crippen LogP contribution < -0.4 is 10.9 Å². The van der Waals surface area contributed by atoms with E-state index in [-0.39, 0.29) is 17.5 Å². The summed E-state index contributed by atoms with van der Waals surface area (Å²) < 4.78 is 1.69. The summed E-state index contributed by atoms with van der Waals surface area (Å²) in [6.45, 7) is 6.51. The maximum Gasteiger partial charge on any atom is 0.257 e. The number of carbonyl (C=O) groups is 1. The summed E-state index contributed by atoms with van der Waals surface area (Å²) in [5.41, 5.74) is 1.45. The van der Waals surface area contributed by atoms with Gasteiger partial charge in [0.25, 0.3) is 5.56 Å². The third-order valence-electron chi connectivity index (χ3n) is 3.85. The largest absolute Gasteiger partial charge is 0.356 e. The van der Waals surface area contributed by atoms with Crippen LogP contribution in [0.4, 0.5) is 0 Å². The van der Waals surface area contributed by atoms with E-state index in [1.54, 1.807) is 23.3 Å². The number of aryl methyl sites for hydroxylation is 1. The van der Waals surface area contributed by atoms with Crippen LogP contribution >= 0.6 is 11.8 Å². The molecule has 0 fully saturated rings. The first-order valence-electron chi connectivity index (χ1n) is 7.53. The van der Waals surface area contributed by atoms with E-state index in [4.69, 9.17) is 0 Å². The van der Waals surface area contributed by atoms with Crippen molar-refractivity contribution in [3.05, 3.63) is 21.6 Å². The molecule has 1 aliphatic rings. The fraction of sp³-hybridized carbons (Fsp3) is 0.667. The van der Waals surface area contributed by atoms with Crippen LogP contribution in [-0.4, -0.2) is 27.8 Å². The number of carbonyl (C=O) groups excluding carboxylic acids is 1. The van der Waals surface area contributed by atoms with E-state index in [2.05, 4.69) is 17.2 Å². The Morgan fingerprint density at radius 2 is 2.19 bits per heavy atom. The van der Waals surface area contributed by atoms with Crippen LogP contribution in [-0.2, 0) is 4.79 Å². The molecule has 0 saturated heterocycles. The third-order valence-corrected chi connectivity index (χ3v) is 4.94.